The zero-order valence-corrected chi connectivity index (χ0v) is 10.2. The quantitative estimate of drug-likeness (QED) is 0.427. The highest BCUT2D eigenvalue weighted by Gasteiger charge is 2.26. The molecule has 96 valence electrons. The van der Waals surface area contributed by atoms with Gasteiger partial charge >= 0.3 is 7.60 Å². The Bertz CT molecular complexity index is 562. The van der Waals surface area contributed by atoms with Crippen LogP contribution >= 0.6 is 7.60 Å². The largest absolute Gasteiger partial charge is 0.366 e. The Morgan fingerprint density at radius 1 is 1.56 bits per heavy atom. The van der Waals surface area contributed by atoms with Crippen molar-refractivity contribution in [3.05, 3.63) is 33.9 Å². The first-order chi connectivity index (χ1) is 8.25. The van der Waals surface area contributed by atoms with Crippen LogP contribution in [0.1, 0.15) is 12.5 Å². The first kappa shape index (κ1) is 14.1. The van der Waals surface area contributed by atoms with E-state index in [1.165, 1.54) is 19.1 Å². The van der Waals surface area contributed by atoms with E-state index in [2.05, 4.69) is 5.32 Å². The summed E-state index contributed by atoms with van der Waals surface area (Å²) in [4.78, 5) is 27.9. The number of anilines is 1. The lowest BCUT2D eigenvalue weighted by atomic mass is 10.2. The number of nitro groups is 1. The molecule has 0 aromatic heterocycles. The number of nitrogens with zero attached hydrogens (tertiary/aromatic N) is 2. The third-order valence-electron chi connectivity index (χ3n) is 2.19. The minimum Gasteiger partial charge on any atom is -0.366 e. The number of nitriles is 1. The summed E-state index contributed by atoms with van der Waals surface area (Å²) in [7, 11) is -4.39. The molecule has 0 aliphatic carbocycles. The molecule has 0 heterocycles. The average molecular weight is 271 g/mol. The Morgan fingerprint density at radius 2 is 2.17 bits per heavy atom. The van der Waals surface area contributed by atoms with Gasteiger partial charge in [0.05, 0.1) is 16.6 Å². The summed E-state index contributed by atoms with van der Waals surface area (Å²) in [6.45, 7) is 1.21. The first-order valence-corrected chi connectivity index (χ1v) is 6.44. The minimum atomic E-state index is -4.39. The van der Waals surface area contributed by atoms with Crippen LogP contribution in [0.5, 0.6) is 0 Å². The Hall–Kier alpha value is -1.94. The van der Waals surface area contributed by atoms with Crippen LogP contribution in [0.2, 0.25) is 0 Å². The summed E-state index contributed by atoms with van der Waals surface area (Å²) in [6.07, 6.45) is 0. The molecule has 18 heavy (non-hydrogen) atoms. The molecular formula is C9H10N3O5P. The molecule has 0 saturated heterocycles. The SMILES string of the molecule is CC(Nc1ccc(C#N)cc1[N+](=O)[O-])P(=O)(O)O. The van der Waals surface area contributed by atoms with Gasteiger partial charge < -0.3 is 15.1 Å². The van der Waals surface area contributed by atoms with Crippen molar-refractivity contribution in [3.8, 4) is 6.07 Å². The molecule has 1 aromatic carbocycles. The lowest BCUT2D eigenvalue weighted by Gasteiger charge is -2.16. The van der Waals surface area contributed by atoms with Crippen LogP contribution in [0.25, 0.3) is 0 Å². The van der Waals surface area contributed by atoms with Crippen molar-refractivity contribution in [2.75, 3.05) is 5.32 Å². The van der Waals surface area contributed by atoms with Gasteiger partial charge in [-0.15, -0.1) is 0 Å². The van der Waals surface area contributed by atoms with Gasteiger partial charge in [0.15, 0.2) is 0 Å². The number of nitro benzene ring substituents is 1. The van der Waals surface area contributed by atoms with Crippen molar-refractivity contribution >= 4 is 19.0 Å². The van der Waals surface area contributed by atoms with Gasteiger partial charge in [0.2, 0.25) is 0 Å². The van der Waals surface area contributed by atoms with Gasteiger partial charge in [-0.3, -0.25) is 14.7 Å². The zero-order chi connectivity index (χ0) is 13.9. The highest BCUT2D eigenvalue weighted by Crippen LogP contribution is 2.42. The molecule has 1 unspecified atom stereocenters. The van der Waals surface area contributed by atoms with Crippen LogP contribution in [-0.2, 0) is 4.57 Å². The molecule has 0 aliphatic rings. The monoisotopic (exact) mass is 271 g/mol. The van der Waals surface area contributed by atoms with Crippen molar-refractivity contribution in [1.29, 1.82) is 5.26 Å². The van der Waals surface area contributed by atoms with E-state index in [-0.39, 0.29) is 11.3 Å². The number of nitrogens with one attached hydrogen (secondary N) is 1. The van der Waals surface area contributed by atoms with Gasteiger partial charge in [-0.1, -0.05) is 0 Å². The maximum absolute atomic E-state index is 10.9. The predicted octanol–water partition coefficient (Wildman–Crippen LogP) is 1.40. The van der Waals surface area contributed by atoms with Crippen LogP contribution in [0.3, 0.4) is 0 Å². The van der Waals surface area contributed by atoms with E-state index in [0.717, 1.165) is 6.07 Å². The molecule has 0 amide bonds. The molecule has 0 bridgehead atoms. The minimum absolute atomic E-state index is 0.0465. The summed E-state index contributed by atoms with van der Waals surface area (Å²) in [5.41, 5.74) is -0.361. The third kappa shape index (κ3) is 3.28. The van der Waals surface area contributed by atoms with Crippen molar-refractivity contribution < 1.29 is 19.3 Å². The van der Waals surface area contributed by atoms with E-state index in [9.17, 15) is 14.7 Å². The molecule has 9 heteroatoms. The third-order valence-corrected chi connectivity index (χ3v) is 3.33. The summed E-state index contributed by atoms with van der Waals surface area (Å²) in [5, 5.41) is 21.8. The van der Waals surface area contributed by atoms with Gasteiger partial charge in [0, 0.05) is 6.07 Å². The van der Waals surface area contributed by atoms with Gasteiger partial charge in [0.25, 0.3) is 5.69 Å². The molecule has 0 aliphatic heterocycles. The molecule has 3 N–H and O–H groups in total. The molecule has 0 radical (unpaired) electrons. The summed E-state index contributed by atoms with van der Waals surface area (Å²) in [6, 6.07) is 5.34. The second-order valence-corrected chi connectivity index (χ2v) is 5.46. The normalized spacial score (nSPS) is 12.6. The maximum atomic E-state index is 10.9. The molecule has 1 aromatic rings. The molecule has 8 nitrogen and oxygen atoms in total. The van der Waals surface area contributed by atoms with Crippen LogP contribution in [0.4, 0.5) is 11.4 Å². The highest BCUT2D eigenvalue weighted by atomic mass is 31.2. The summed E-state index contributed by atoms with van der Waals surface area (Å²) >= 11 is 0. The van der Waals surface area contributed by atoms with Gasteiger partial charge in [0.1, 0.15) is 11.5 Å². The molecule has 1 atom stereocenters. The van der Waals surface area contributed by atoms with Crippen molar-refractivity contribution in [1.82, 2.24) is 0 Å². The fourth-order valence-corrected chi connectivity index (χ4v) is 1.49. The van der Waals surface area contributed by atoms with Crippen LogP contribution in [0.15, 0.2) is 18.2 Å². The Balaban J connectivity index is 3.14. The standard InChI is InChI=1S/C9H10N3O5P/c1-6(18(15,16)17)11-8-3-2-7(5-10)4-9(8)12(13)14/h2-4,6,11H,1H3,(H2,15,16,17). The molecule has 0 spiro atoms. The molecule has 1 rings (SSSR count). The smallest absolute Gasteiger partial charge is 0.347 e. The van der Waals surface area contributed by atoms with E-state index < -0.39 is 24.0 Å². The number of benzene rings is 1. The summed E-state index contributed by atoms with van der Waals surface area (Å²) < 4.78 is 10.9. The van der Waals surface area contributed by atoms with E-state index in [0.29, 0.717) is 0 Å². The first-order valence-electron chi connectivity index (χ1n) is 4.76. The van der Waals surface area contributed by atoms with Crippen LogP contribution in [-0.4, -0.2) is 20.5 Å². The second-order valence-electron chi connectivity index (χ2n) is 3.51. The fourth-order valence-electron chi connectivity index (χ4n) is 1.18. The topological polar surface area (TPSA) is 136 Å². The lowest BCUT2D eigenvalue weighted by molar-refractivity contribution is -0.384. The lowest BCUT2D eigenvalue weighted by Crippen LogP contribution is -2.16. The van der Waals surface area contributed by atoms with E-state index in [1.54, 1.807) is 6.07 Å². The Labute approximate surface area is 102 Å². The number of hydrogen-bond donors (Lipinski definition) is 3. The number of rotatable bonds is 4. The molecule has 0 fully saturated rings. The fraction of sp³-hybridized carbons (Fsp3) is 0.222. The maximum Gasteiger partial charge on any atom is 0.347 e. The van der Waals surface area contributed by atoms with Crippen LogP contribution in [0, 0.1) is 21.4 Å². The van der Waals surface area contributed by atoms with E-state index in [1.807, 2.05) is 0 Å². The summed E-state index contributed by atoms with van der Waals surface area (Å²) in [5.74, 6) is -1.26. The van der Waals surface area contributed by atoms with E-state index >= 15 is 0 Å². The molecule has 0 saturated carbocycles. The zero-order valence-electron chi connectivity index (χ0n) is 9.27. The van der Waals surface area contributed by atoms with Gasteiger partial charge in [-0.05, 0) is 19.1 Å². The van der Waals surface area contributed by atoms with Crippen molar-refractivity contribution in [3.63, 3.8) is 0 Å². The van der Waals surface area contributed by atoms with Crippen LogP contribution < -0.4 is 5.32 Å². The predicted molar refractivity (Wildman–Crippen MR) is 62.9 cm³/mol. The Morgan fingerprint density at radius 3 is 2.61 bits per heavy atom. The van der Waals surface area contributed by atoms with Crippen molar-refractivity contribution in [2.24, 2.45) is 0 Å². The van der Waals surface area contributed by atoms with Gasteiger partial charge in [-0.25, -0.2) is 0 Å². The number of hydrogen-bond acceptors (Lipinski definition) is 5. The van der Waals surface area contributed by atoms with Crippen molar-refractivity contribution in [2.45, 2.75) is 12.7 Å². The van der Waals surface area contributed by atoms with E-state index in [4.69, 9.17) is 15.0 Å². The molecular weight excluding hydrogens is 261 g/mol. The average Bonchev–Trinajstić information content (AvgIpc) is 2.27. The Kier molecular flexibility index (Phi) is 4.03. The van der Waals surface area contributed by atoms with Gasteiger partial charge in [-0.2, -0.15) is 5.26 Å². The highest BCUT2D eigenvalue weighted by molar-refractivity contribution is 7.52. The second kappa shape index (κ2) is 5.14.